The maximum atomic E-state index is 13.2. The number of benzene rings is 2. The van der Waals surface area contributed by atoms with E-state index in [1.54, 1.807) is 0 Å². The molecule has 1 aliphatic carbocycles. The van der Waals surface area contributed by atoms with Crippen molar-refractivity contribution in [3.63, 3.8) is 0 Å². The smallest absolute Gasteiger partial charge is 0.266 e. The van der Waals surface area contributed by atoms with Crippen molar-refractivity contribution in [3.8, 4) is 0 Å². The Hall–Kier alpha value is -2.59. The summed E-state index contributed by atoms with van der Waals surface area (Å²) in [5.41, 5.74) is 2.01. The molecule has 4 rings (SSSR count). The van der Waals surface area contributed by atoms with Gasteiger partial charge in [0.2, 0.25) is 0 Å². The summed E-state index contributed by atoms with van der Waals surface area (Å²) in [6.45, 7) is 0. The molecule has 0 N–H and O–H groups in total. The van der Waals surface area contributed by atoms with Crippen molar-refractivity contribution in [1.82, 2.24) is 4.90 Å². The van der Waals surface area contributed by atoms with Crippen LogP contribution in [0.1, 0.15) is 37.7 Å². The average Bonchev–Trinajstić information content (AvgIpc) is 3.05. The zero-order chi connectivity index (χ0) is 19.2. The first-order valence-electron chi connectivity index (χ1n) is 9.90. The molecule has 2 aromatic carbocycles. The van der Waals surface area contributed by atoms with Gasteiger partial charge in [-0.2, -0.15) is 0 Å². The number of aliphatic imine (C=N–C) groups is 1. The highest BCUT2D eigenvalue weighted by atomic mass is 32.2. The van der Waals surface area contributed by atoms with Crippen LogP contribution < -0.4 is 0 Å². The van der Waals surface area contributed by atoms with E-state index in [-0.39, 0.29) is 11.9 Å². The molecule has 1 saturated carbocycles. The molecule has 0 aromatic heterocycles. The number of carbonyl (C=O) groups excluding carboxylic acids is 1. The minimum atomic E-state index is 0.0873. The van der Waals surface area contributed by atoms with Crippen LogP contribution in [0.2, 0.25) is 0 Å². The highest BCUT2D eigenvalue weighted by molar-refractivity contribution is 8.18. The number of hydrogen-bond acceptors (Lipinski definition) is 3. The van der Waals surface area contributed by atoms with Crippen LogP contribution in [0, 0.1) is 0 Å². The molecule has 1 saturated heterocycles. The third-order valence-corrected chi connectivity index (χ3v) is 6.09. The minimum absolute atomic E-state index is 0.0873. The van der Waals surface area contributed by atoms with Crippen molar-refractivity contribution >= 4 is 34.6 Å². The van der Waals surface area contributed by atoms with Gasteiger partial charge < -0.3 is 0 Å². The Kier molecular flexibility index (Phi) is 6.07. The number of nitrogens with zero attached hydrogens (tertiary/aromatic N) is 2. The Morgan fingerprint density at radius 3 is 2.32 bits per heavy atom. The fraction of sp³-hybridized carbons (Fsp3) is 0.250. The predicted molar refractivity (Wildman–Crippen MR) is 118 cm³/mol. The first kappa shape index (κ1) is 18.8. The summed E-state index contributed by atoms with van der Waals surface area (Å²) in [6, 6.07) is 20.3. The summed E-state index contributed by atoms with van der Waals surface area (Å²) in [6.07, 6.45) is 11.7. The van der Waals surface area contributed by atoms with Gasteiger partial charge in [0, 0.05) is 6.04 Å². The van der Waals surface area contributed by atoms with Crippen LogP contribution in [0.25, 0.3) is 6.08 Å². The van der Waals surface area contributed by atoms with Gasteiger partial charge in [-0.3, -0.25) is 9.69 Å². The Labute approximate surface area is 170 Å². The predicted octanol–water partition coefficient (Wildman–Crippen LogP) is 6.18. The molecular weight excluding hydrogens is 364 g/mol. The van der Waals surface area contributed by atoms with Gasteiger partial charge in [-0.25, -0.2) is 4.99 Å². The molecule has 28 heavy (non-hydrogen) atoms. The molecule has 0 spiro atoms. The molecule has 0 unspecified atom stereocenters. The summed E-state index contributed by atoms with van der Waals surface area (Å²) in [5, 5.41) is 0.808. The summed E-state index contributed by atoms with van der Waals surface area (Å²) in [7, 11) is 0. The second kappa shape index (κ2) is 9.07. The molecule has 2 aromatic rings. The van der Waals surface area contributed by atoms with Gasteiger partial charge >= 0.3 is 0 Å². The van der Waals surface area contributed by atoms with E-state index in [9.17, 15) is 4.79 Å². The standard InChI is InChI=1S/C24H24N2OS/c27-23-22(18-10-13-19-11-4-1-5-12-19)28-24(25-20-14-6-2-7-15-20)26(23)21-16-8-3-9-17-21/h1-2,4-7,10-15,18,21H,3,8-9,16-17H2/b13-10+,22-18-,25-24?. The average molecular weight is 389 g/mol. The Bertz CT molecular complexity index is 897. The number of thioether (sulfide) groups is 1. The van der Waals surface area contributed by atoms with Gasteiger partial charge in [0.25, 0.3) is 5.91 Å². The molecule has 1 heterocycles. The normalized spacial score (nSPS) is 21.3. The maximum Gasteiger partial charge on any atom is 0.266 e. The third kappa shape index (κ3) is 4.45. The van der Waals surface area contributed by atoms with Gasteiger partial charge in [0.05, 0.1) is 10.6 Å². The molecule has 0 radical (unpaired) electrons. The van der Waals surface area contributed by atoms with E-state index in [1.165, 1.54) is 31.0 Å². The highest BCUT2D eigenvalue weighted by Crippen LogP contribution is 2.37. The van der Waals surface area contributed by atoms with Crippen molar-refractivity contribution in [1.29, 1.82) is 0 Å². The first-order valence-corrected chi connectivity index (χ1v) is 10.7. The van der Waals surface area contributed by atoms with Crippen LogP contribution in [-0.2, 0) is 4.79 Å². The molecule has 2 aliphatic rings. The lowest BCUT2D eigenvalue weighted by Crippen LogP contribution is -2.40. The lowest BCUT2D eigenvalue weighted by Gasteiger charge is -2.30. The highest BCUT2D eigenvalue weighted by Gasteiger charge is 2.38. The number of rotatable bonds is 4. The number of amidine groups is 1. The number of hydrogen-bond donors (Lipinski definition) is 0. The van der Waals surface area contributed by atoms with E-state index in [0.29, 0.717) is 0 Å². The third-order valence-electron chi connectivity index (χ3n) is 5.09. The second-order valence-electron chi connectivity index (χ2n) is 7.10. The number of carbonyl (C=O) groups is 1. The van der Waals surface area contributed by atoms with Crippen molar-refractivity contribution in [2.24, 2.45) is 4.99 Å². The van der Waals surface area contributed by atoms with Crippen LogP contribution in [0.3, 0.4) is 0 Å². The van der Waals surface area contributed by atoms with E-state index in [2.05, 4.69) is 12.1 Å². The second-order valence-corrected chi connectivity index (χ2v) is 8.11. The molecule has 0 atom stereocenters. The first-order chi connectivity index (χ1) is 13.8. The molecule has 1 amide bonds. The van der Waals surface area contributed by atoms with Crippen molar-refractivity contribution in [3.05, 3.63) is 83.3 Å². The maximum absolute atomic E-state index is 13.2. The number of allylic oxidation sites excluding steroid dienone is 2. The van der Waals surface area contributed by atoms with E-state index in [0.717, 1.165) is 34.2 Å². The molecule has 3 nitrogen and oxygen atoms in total. The van der Waals surface area contributed by atoms with Gasteiger partial charge in [0.15, 0.2) is 5.17 Å². The van der Waals surface area contributed by atoms with E-state index in [1.807, 2.05) is 71.7 Å². The molecule has 1 aliphatic heterocycles. The summed E-state index contributed by atoms with van der Waals surface area (Å²) in [4.78, 5) is 20.7. The summed E-state index contributed by atoms with van der Waals surface area (Å²) in [5.74, 6) is 0.0873. The zero-order valence-electron chi connectivity index (χ0n) is 15.8. The lowest BCUT2D eigenvalue weighted by atomic mass is 9.94. The number of amides is 1. The summed E-state index contributed by atoms with van der Waals surface area (Å²) < 4.78 is 0. The largest absolute Gasteiger partial charge is 0.283 e. The van der Waals surface area contributed by atoms with E-state index >= 15 is 0 Å². The molecule has 142 valence electrons. The van der Waals surface area contributed by atoms with Crippen LogP contribution >= 0.6 is 11.8 Å². The fourth-order valence-electron chi connectivity index (χ4n) is 3.66. The van der Waals surface area contributed by atoms with E-state index in [4.69, 9.17) is 4.99 Å². The molecule has 0 bridgehead atoms. The summed E-state index contributed by atoms with van der Waals surface area (Å²) >= 11 is 1.49. The lowest BCUT2D eigenvalue weighted by molar-refractivity contribution is -0.124. The Morgan fingerprint density at radius 2 is 1.61 bits per heavy atom. The zero-order valence-corrected chi connectivity index (χ0v) is 16.6. The number of para-hydroxylation sites is 1. The Morgan fingerprint density at radius 1 is 0.929 bits per heavy atom. The van der Waals surface area contributed by atoms with Gasteiger partial charge in [-0.05, 0) is 48.4 Å². The minimum Gasteiger partial charge on any atom is -0.283 e. The van der Waals surface area contributed by atoms with Crippen LogP contribution in [0.15, 0.2) is 82.7 Å². The SMILES string of the molecule is O=C1/C(=C/C=C/c2ccccc2)SC(=Nc2ccccc2)N1C1CCCCC1. The van der Waals surface area contributed by atoms with Gasteiger partial charge in [-0.1, -0.05) is 79.9 Å². The quantitative estimate of drug-likeness (QED) is 0.586. The fourth-order valence-corrected chi connectivity index (χ4v) is 4.67. The monoisotopic (exact) mass is 388 g/mol. The van der Waals surface area contributed by atoms with Crippen LogP contribution in [0.4, 0.5) is 5.69 Å². The molecule has 4 heteroatoms. The van der Waals surface area contributed by atoms with Gasteiger partial charge in [0.1, 0.15) is 0 Å². The van der Waals surface area contributed by atoms with Crippen molar-refractivity contribution < 1.29 is 4.79 Å². The van der Waals surface area contributed by atoms with E-state index < -0.39 is 0 Å². The molecule has 2 fully saturated rings. The molecular formula is C24H24N2OS. The Balaban J connectivity index is 1.61. The van der Waals surface area contributed by atoms with Crippen LogP contribution in [-0.4, -0.2) is 22.0 Å². The van der Waals surface area contributed by atoms with Crippen molar-refractivity contribution in [2.75, 3.05) is 0 Å². The topological polar surface area (TPSA) is 32.7 Å². The van der Waals surface area contributed by atoms with Crippen molar-refractivity contribution in [2.45, 2.75) is 38.1 Å². The van der Waals surface area contributed by atoms with Gasteiger partial charge in [-0.15, -0.1) is 0 Å². The van der Waals surface area contributed by atoms with Crippen LogP contribution in [0.5, 0.6) is 0 Å².